The van der Waals surface area contributed by atoms with Gasteiger partial charge >= 0.3 is 0 Å². The molecule has 4 nitrogen and oxygen atoms in total. The Kier molecular flexibility index (Phi) is 4.59. The Balaban J connectivity index is 2.13. The van der Waals surface area contributed by atoms with Crippen molar-refractivity contribution in [3.05, 3.63) is 59.9 Å². The van der Waals surface area contributed by atoms with E-state index in [9.17, 15) is 12.8 Å². The summed E-state index contributed by atoms with van der Waals surface area (Å²) in [7, 11) is -2.04. The molecule has 0 heterocycles. The van der Waals surface area contributed by atoms with Crippen molar-refractivity contribution < 1.29 is 12.8 Å². The monoisotopic (exact) mass is 308 g/mol. The van der Waals surface area contributed by atoms with E-state index in [4.69, 9.17) is 0 Å². The number of sulfonamides is 1. The topological polar surface area (TPSA) is 58.2 Å². The predicted octanol–water partition coefficient (Wildman–Crippen LogP) is 2.91. The number of hydrogen-bond donors (Lipinski definition) is 2. The van der Waals surface area contributed by atoms with Crippen molar-refractivity contribution in [2.75, 3.05) is 12.4 Å². The Labute approximate surface area is 124 Å². The Morgan fingerprint density at radius 1 is 1.00 bits per heavy atom. The van der Waals surface area contributed by atoms with E-state index in [0.717, 1.165) is 11.3 Å². The molecule has 2 aromatic carbocycles. The smallest absolute Gasteiger partial charge is 0.240 e. The lowest BCUT2D eigenvalue weighted by Crippen LogP contribution is -2.18. The van der Waals surface area contributed by atoms with Gasteiger partial charge < -0.3 is 5.32 Å². The molecule has 6 heteroatoms. The summed E-state index contributed by atoms with van der Waals surface area (Å²) in [5, 5.41) is 3.23. The van der Waals surface area contributed by atoms with Crippen LogP contribution in [-0.4, -0.2) is 15.5 Å². The van der Waals surface area contributed by atoms with Crippen LogP contribution >= 0.6 is 0 Å². The molecule has 0 radical (unpaired) electrons. The zero-order chi connectivity index (χ0) is 15.5. The lowest BCUT2D eigenvalue weighted by molar-refractivity contribution is 0.588. The minimum Gasteiger partial charge on any atom is -0.379 e. The second kappa shape index (κ2) is 6.24. The van der Waals surface area contributed by atoms with Crippen LogP contribution in [0.5, 0.6) is 0 Å². The molecule has 0 saturated heterocycles. The fourth-order valence-corrected chi connectivity index (χ4v) is 2.66. The minimum atomic E-state index is -3.42. The molecule has 0 bridgehead atoms. The highest BCUT2D eigenvalue weighted by molar-refractivity contribution is 7.89. The second-order valence-corrected chi connectivity index (χ2v) is 6.54. The van der Waals surface area contributed by atoms with Gasteiger partial charge in [-0.1, -0.05) is 12.1 Å². The molecule has 112 valence electrons. The first-order valence-electron chi connectivity index (χ1n) is 6.48. The Bertz CT molecular complexity index is 697. The van der Waals surface area contributed by atoms with Crippen LogP contribution in [0.2, 0.25) is 0 Å². The standard InChI is InChI=1S/C15H17FN2O2S/c1-11(18-14-7-5-13(16)6-8-14)12-3-9-15(10-4-12)21(19,20)17-2/h3-11,17-18H,1-2H3/t11-/m0/s1. The van der Waals surface area contributed by atoms with Crippen LogP contribution in [0.25, 0.3) is 0 Å². The van der Waals surface area contributed by atoms with E-state index in [1.165, 1.54) is 19.2 Å². The molecule has 0 aliphatic heterocycles. The van der Waals surface area contributed by atoms with Gasteiger partial charge in [-0.2, -0.15) is 0 Å². The lowest BCUT2D eigenvalue weighted by atomic mass is 10.1. The molecule has 0 saturated carbocycles. The normalized spacial score (nSPS) is 12.9. The number of benzene rings is 2. The lowest BCUT2D eigenvalue weighted by Gasteiger charge is -2.16. The van der Waals surface area contributed by atoms with Crippen molar-refractivity contribution in [2.45, 2.75) is 17.9 Å². The minimum absolute atomic E-state index is 0.0261. The van der Waals surface area contributed by atoms with E-state index in [2.05, 4.69) is 10.0 Å². The summed E-state index contributed by atoms with van der Waals surface area (Å²) in [6.45, 7) is 1.95. The molecule has 2 N–H and O–H groups in total. The third-order valence-electron chi connectivity index (χ3n) is 3.19. The van der Waals surface area contributed by atoms with E-state index in [1.807, 2.05) is 6.92 Å². The maximum atomic E-state index is 12.8. The van der Waals surface area contributed by atoms with Gasteiger partial charge in [0, 0.05) is 11.7 Å². The number of hydrogen-bond acceptors (Lipinski definition) is 3. The third kappa shape index (κ3) is 3.80. The van der Waals surface area contributed by atoms with Crippen LogP contribution in [0, 0.1) is 5.82 Å². The van der Waals surface area contributed by atoms with Crippen molar-refractivity contribution in [1.29, 1.82) is 0 Å². The molecule has 1 atom stereocenters. The van der Waals surface area contributed by atoms with Crippen molar-refractivity contribution in [3.63, 3.8) is 0 Å². The Morgan fingerprint density at radius 2 is 1.57 bits per heavy atom. The van der Waals surface area contributed by atoms with Gasteiger partial charge in [0.1, 0.15) is 5.82 Å². The molecule has 0 aliphatic rings. The van der Waals surface area contributed by atoms with Crippen LogP contribution in [-0.2, 0) is 10.0 Å². The Morgan fingerprint density at radius 3 is 2.10 bits per heavy atom. The highest BCUT2D eigenvalue weighted by Gasteiger charge is 2.12. The van der Waals surface area contributed by atoms with E-state index >= 15 is 0 Å². The van der Waals surface area contributed by atoms with E-state index in [0.29, 0.717) is 0 Å². The highest BCUT2D eigenvalue weighted by atomic mass is 32.2. The largest absolute Gasteiger partial charge is 0.379 e. The fourth-order valence-electron chi connectivity index (χ4n) is 1.93. The highest BCUT2D eigenvalue weighted by Crippen LogP contribution is 2.21. The van der Waals surface area contributed by atoms with Crippen molar-refractivity contribution in [1.82, 2.24) is 4.72 Å². The van der Waals surface area contributed by atoms with Crippen LogP contribution < -0.4 is 10.0 Å². The van der Waals surface area contributed by atoms with Crippen LogP contribution in [0.15, 0.2) is 53.4 Å². The summed E-state index contributed by atoms with van der Waals surface area (Å²) >= 11 is 0. The SMILES string of the molecule is CNS(=O)(=O)c1ccc([C@H](C)Nc2ccc(F)cc2)cc1. The van der Waals surface area contributed by atoms with Gasteiger partial charge in [0.05, 0.1) is 4.90 Å². The van der Waals surface area contributed by atoms with E-state index in [1.54, 1.807) is 36.4 Å². The van der Waals surface area contributed by atoms with Gasteiger partial charge in [0.25, 0.3) is 0 Å². The first-order valence-corrected chi connectivity index (χ1v) is 7.96. The molecule has 2 rings (SSSR count). The van der Waals surface area contributed by atoms with Gasteiger partial charge in [-0.25, -0.2) is 17.5 Å². The summed E-state index contributed by atoms with van der Waals surface area (Å²) in [6.07, 6.45) is 0. The van der Waals surface area contributed by atoms with Crippen molar-refractivity contribution in [2.24, 2.45) is 0 Å². The first-order chi connectivity index (χ1) is 9.92. The second-order valence-electron chi connectivity index (χ2n) is 4.65. The van der Waals surface area contributed by atoms with Crippen LogP contribution in [0.1, 0.15) is 18.5 Å². The summed E-state index contributed by atoms with van der Waals surface area (Å²) < 4.78 is 38.4. The first kappa shape index (κ1) is 15.5. The number of rotatable bonds is 5. The van der Waals surface area contributed by atoms with Gasteiger partial charge in [0.2, 0.25) is 10.0 Å². The maximum absolute atomic E-state index is 12.8. The molecule has 0 amide bonds. The van der Waals surface area contributed by atoms with E-state index in [-0.39, 0.29) is 16.8 Å². The van der Waals surface area contributed by atoms with Crippen molar-refractivity contribution >= 4 is 15.7 Å². The summed E-state index contributed by atoms with van der Waals surface area (Å²) in [6, 6.07) is 12.7. The fraction of sp³-hybridized carbons (Fsp3) is 0.200. The van der Waals surface area contributed by atoms with Gasteiger partial charge in [0.15, 0.2) is 0 Å². The van der Waals surface area contributed by atoms with Crippen LogP contribution in [0.4, 0.5) is 10.1 Å². The Hall–Kier alpha value is -1.92. The zero-order valence-electron chi connectivity index (χ0n) is 11.8. The van der Waals surface area contributed by atoms with Gasteiger partial charge in [-0.3, -0.25) is 0 Å². The van der Waals surface area contributed by atoms with E-state index < -0.39 is 10.0 Å². The van der Waals surface area contributed by atoms with Gasteiger partial charge in [-0.05, 0) is 55.9 Å². The summed E-state index contributed by atoms with van der Waals surface area (Å²) in [4.78, 5) is 0.225. The number of anilines is 1. The molecular weight excluding hydrogens is 291 g/mol. The molecular formula is C15H17FN2O2S. The number of nitrogens with one attached hydrogen (secondary N) is 2. The molecule has 2 aromatic rings. The quantitative estimate of drug-likeness (QED) is 0.893. The van der Waals surface area contributed by atoms with Crippen LogP contribution in [0.3, 0.4) is 0 Å². The predicted molar refractivity (Wildman–Crippen MR) is 81.1 cm³/mol. The average molecular weight is 308 g/mol. The third-order valence-corrected chi connectivity index (χ3v) is 4.62. The molecule has 0 aliphatic carbocycles. The molecule has 0 unspecified atom stereocenters. The molecule has 0 aromatic heterocycles. The molecule has 21 heavy (non-hydrogen) atoms. The zero-order valence-corrected chi connectivity index (χ0v) is 12.6. The number of halogens is 1. The maximum Gasteiger partial charge on any atom is 0.240 e. The molecule has 0 fully saturated rings. The molecule has 0 spiro atoms. The average Bonchev–Trinajstić information content (AvgIpc) is 2.49. The summed E-state index contributed by atoms with van der Waals surface area (Å²) in [5.41, 5.74) is 1.74. The van der Waals surface area contributed by atoms with Crippen molar-refractivity contribution in [3.8, 4) is 0 Å². The van der Waals surface area contributed by atoms with Gasteiger partial charge in [-0.15, -0.1) is 0 Å². The summed E-state index contributed by atoms with van der Waals surface area (Å²) in [5.74, 6) is -0.283.